The first-order chi connectivity index (χ1) is 13.2. The molecule has 138 valence electrons. The Kier molecular flexibility index (Phi) is 5.08. The third-order valence-electron chi connectivity index (χ3n) is 5.10. The van der Waals surface area contributed by atoms with E-state index in [1.807, 2.05) is 19.1 Å². The van der Waals surface area contributed by atoms with Crippen LogP contribution in [0.3, 0.4) is 0 Å². The minimum absolute atomic E-state index is 0.669. The SMILES string of the molecule is CCOc1ccc(-n2c(-c3ccc(C)cc3)nc(=S)c3c2CCCC3)cc1. The van der Waals surface area contributed by atoms with Gasteiger partial charge in [-0.05, 0) is 63.8 Å². The van der Waals surface area contributed by atoms with Crippen LogP contribution in [0.4, 0.5) is 0 Å². The van der Waals surface area contributed by atoms with Crippen molar-refractivity contribution in [2.45, 2.75) is 39.5 Å². The molecule has 0 aliphatic heterocycles. The summed E-state index contributed by atoms with van der Waals surface area (Å²) in [6.45, 7) is 4.77. The Hall–Kier alpha value is -2.46. The maximum atomic E-state index is 5.67. The molecule has 0 spiro atoms. The van der Waals surface area contributed by atoms with E-state index in [4.69, 9.17) is 21.9 Å². The molecule has 0 fully saturated rings. The lowest BCUT2D eigenvalue weighted by molar-refractivity contribution is 0.340. The van der Waals surface area contributed by atoms with E-state index in [0.717, 1.165) is 40.3 Å². The van der Waals surface area contributed by atoms with Gasteiger partial charge in [0.05, 0.1) is 6.61 Å². The highest BCUT2D eigenvalue weighted by Crippen LogP contribution is 2.31. The van der Waals surface area contributed by atoms with Crippen molar-refractivity contribution in [3.8, 4) is 22.8 Å². The Balaban J connectivity index is 1.94. The molecule has 1 aliphatic carbocycles. The zero-order valence-electron chi connectivity index (χ0n) is 15.9. The van der Waals surface area contributed by atoms with Gasteiger partial charge >= 0.3 is 0 Å². The predicted octanol–water partition coefficient (Wildman–Crippen LogP) is 5.85. The second kappa shape index (κ2) is 7.65. The van der Waals surface area contributed by atoms with Crippen molar-refractivity contribution in [3.63, 3.8) is 0 Å². The summed E-state index contributed by atoms with van der Waals surface area (Å²) in [5.74, 6) is 1.81. The van der Waals surface area contributed by atoms with Crippen molar-refractivity contribution in [3.05, 3.63) is 70.0 Å². The molecule has 0 bridgehead atoms. The van der Waals surface area contributed by atoms with Gasteiger partial charge in [-0.3, -0.25) is 4.57 Å². The normalized spacial score (nSPS) is 13.3. The lowest BCUT2D eigenvalue weighted by Crippen LogP contribution is -2.17. The van der Waals surface area contributed by atoms with Crippen LogP contribution >= 0.6 is 12.2 Å². The summed E-state index contributed by atoms with van der Waals surface area (Å²) in [5.41, 5.74) is 5.98. The summed E-state index contributed by atoms with van der Waals surface area (Å²) in [6.07, 6.45) is 4.43. The highest BCUT2D eigenvalue weighted by molar-refractivity contribution is 7.71. The average Bonchev–Trinajstić information content (AvgIpc) is 2.70. The molecule has 4 rings (SSSR count). The van der Waals surface area contributed by atoms with Gasteiger partial charge in [0.2, 0.25) is 0 Å². The van der Waals surface area contributed by atoms with Gasteiger partial charge in [0.1, 0.15) is 16.2 Å². The van der Waals surface area contributed by atoms with E-state index < -0.39 is 0 Å². The van der Waals surface area contributed by atoms with Gasteiger partial charge in [0.15, 0.2) is 0 Å². The molecule has 3 aromatic rings. The van der Waals surface area contributed by atoms with Gasteiger partial charge in [0.25, 0.3) is 0 Å². The van der Waals surface area contributed by atoms with E-state index >= 15 is 0 Å². The molecule has 0 saturated heterocycles. The number of nitrogens with zero attached hydrogens (tertiary/aromatic N) is 2. The molecule has 1 aromatic heterocycles. The van der Waals surface area contributed by atoms with E-state index in [0.29, 0.717) is 6.61 Å². The standard InChI is InChI=1S/C23H24N2OS/c1-3-26-19-14-12-18(13-15-19)25-21-7-5-4-6-20(21)23(27)24-22(25)17-10-8-16(2)9-11-17/h8-15H,3-7H2,1-2H3. The number of aryl methyl sites for hydroxylation is 1. The fraction of sp³-hybridized carbons (Fsp3) is 0.304. The second-order valence-corrected chi connectivity index (χ2v) is 7.39. The van der Waals surface area contributed by atoms with Gasteiger partial charge in [0, 0.05) is 22.5 Å². The largest absolute Gasteiger partial charge is 0.494 e. The van der Waals surface area contributed by atoms with Crippen molar-refractivity contribution in [2.75, 3.05) is 6.61 Å². The number of ether oxygens (including phenoxy) is 1. The maximum absolute atomic E-state index is 5.67. The van der Waals surface area contributed by atoms with Crippen LogP contribution < -0.4 is 4.74 Å². The fourth-order valence-electron chi connectivity index (χ4n) is 3.74. The monoisotopic (exact) mass is 376 g/mol. The van der Waals surface area contributed by atoms with E-state index in [-0.39, 0.29) is 0 Å². The molecule has 1 heterocycles. The molecule has 0 N–H and O–H groups in total. The first-order valence-electron chi connectivity index (χ1n) is 9.62. The minimum atomic E-state index is 0.669. The van der Waals surface area contributed by atoms with E-state index in [2.05, 4.69) is 47.9 Å². The Labute approximate surface area is 165 Å². The zero-order chi connectivity index (χ0) is 18.8. The highest BCUT2D eigenvalue weighted by Gasteiger charge is 2.20. The predicted molar refractivity (Wildman–Crippen MR) is 112 cm³/mol. The summed E-state index contributed by atoms with van der Waals surface area (Å²) >= 11 is 5.67. The van der Waals surface area contributed by atoms with Crippen molar-refractivity contribution in [1.29, 1.82) is 0 Å². The molecule has 2 aromatic carbocycles. The zero-order valence-corrected chi connectivity index (χ0v) is 16.7. The summed E-state index contributed by atoms with van der Waals surface area (Å²) in [5, 5.41) is 0. The van der Waals surface area contributed by atoms with Crippen LogP contribution in [-0.4, -0.2) is 16.2 Å². The number of rotatable bonds is 4. The number of hydrogen-bond donors (Lipinski definition) is 0. The van der Waals surface area contributed by atoms with Crippen LogP contribution in [0.2, 0.25) is 0 Å². The fourth-order valence-corrected chi connectivity index (χ4v) is 4.05. The van der Waals surface area contributed by atoms with Crippen LogP contribution in [0.5, 0.6) is 5.75 Å². The summed E-state index contributed by atoms with van der Waals surface area (Å²) in [4.78, 5) is 4.87. The van der Waals surface area contributed by atoms with E-state index in [9.17, 15) is 0 Å². The van der Waals surface area contributed by atoms with Gasteiger partial charge in [-0.1, -0.05) is 42.0 Å². The Bertz CT molecular complexity index is 1000. The Morgan fingerprint density at radius 1 is 1.00 bits per heavy atom. The van der Waals surface area contributed by atoms with Crippen molar-refractivity contribution in [1.82, 2.24) is 9.55 Å². The highest BCUT2D eigenvalue weighted by atomic mass is 32.1. The van der Waals surface area contributed by atoms with Crippen molar-refractivity contribution in [2.24, 2.45) is 0 Å². The van der Waals surface area contributed by atoms with Crippen LogP contribution in [-0.2, 0) is 12.8 Å². The molecule has 0 saturated carbocycles. The number of benzene rings is 2. The first kappa shape index (κ1) is 17.9. The molecule has 3 nitrogen and oxygen atoms in total. The van der Waals surface area contributed by atoms with E-state index in [1.165, 1.54) is 29.7 Å². The quantitative estimate of drug-likeness (QED) is 0.534. The minimum Gasteiger partial charge on any atom is -0.494 e. The number of aromatic nitrogens is 2. The number of hydrogen-bond acceptors (Lipinski definition) is 3. The lowest BCUT2D eigenvalue weighted by Gasteiger charge is -2.24. The first-order valence-corrected chi connectivity index (χ1v) is 10.0. The molecule has 4 heteroatoms. The van der Waals surface area contributed by atoms with Gasteiger partial charge in [-0.2, -0.15) is 0 Å². The molecular weight excluding hydrogens is 352 g/mol. The third kappa shape index (κ3) is 3.54. The topological polar surface area (TPSA) is 27.1 Å². The van der Waals surface area contributed by atoms with Gasteiger partial charge in [-0.25, -0.2) is 4.98 Å². The summed E-state index contributed by atoms with van der Waals surface area (Å²) < 4.78 is 8.66. The Morgan fingerprint density at radius 3 is 2.41 bits per heavy atom. The summed E-state index contributed by atoms with van der Waals surface area (Å²) in [7, 11) is 0. The summed E-state index contributed by atoms with van der Waals surface area (Å²) in [6, 6.07) is 16.8. The van der Waals surface area contributed by atoms with Gasteiger partial charge < -0.3 is 4.74 Å². The molecular formula is C23H24N2OS. The van der Waals surface area contributed by atoms with Crippen molar-refractivity contribution < 1.29 is 4.74 Å². The second-order valence-electron chi connectivity index (χ2n) is 7.00. The number of fused-ring (bicyclic) bond motifs is 1. The third-order valence-corrected chi connectivity index (χ3v) is 5.44. The van der Waals surface area contributed by atoms with E-state index in [1.54, 1.807) is 0 Å². The molecule has 0 amide bonds. The molecule has 1 aliphatic rings. The molecule has 0 atom stereocenters. The van der Waals surface area contributed by atoms with Crippen LogP contribution in [0.25, 0.3) is 17.1 Å². The van der Waals surface area contributed by atoms with Crippen LogP contribution in [0, 0.1) is 11.6 Å². The van der Waals surface area contributed by atoms with Crippen LogP contribution in [0.15, 0.2) is 48.5 Å². The lowest BCUT2D eigenvalue weighted by atomic mass is 9.96. The van der Waals surface area contributed by atoms with Crippen LogP contribution in [0.1, 0.15) is 36.6 Å². The Morgan fingerprint density at radius 2 is 1.70 bits per heavy atom. The maximum Gasteiger partial charge on any atom is 0.146 e. The van der Waals surface area contributed by atoms with Crippen molar-refractivity contribution >= 4 is 12.2 Å². The van der Waals surface area contributed by atoms with Gasteiger partial charge in [-0.15, -0.1) is 0 Å². The molecule has 0 unspecified atom stereocenters. The molecule has 27 heavy (non-hydrogen) atoms. The smallest absolute Gasteiger partial charge is 0.146 e. The molecule has 0 radical (unpaired) electrons. The average molecular weight is 377 g/mol.